The number of aliphatic hydroxyl groups excluding tert-OH is 1. The summed E-state index contributed by atoms with van der Waals surface area (Å²) in [5, 5.41) is 10.7. The van der Waals surface area contributed by atoms with Crippen molar-refractivity contribution < 1.29 is 80.2 Å². The zero-order valence-corrected chi connectivity index (χ0v) is 71.2. The van der Waals surface area contributed by atoms with Gasteiger partial charge in [-0.25, -0.2) is 9.13 Å². The Morgan fingerprint density at radius 2 is 0.457 bits per heavy atom. The summed E-state index contributed by atoms with van der Waals surface area (Å²) in [5.74, 6) is 1.08. The third kappa shape index (κ3) is 77.2. The van der Waals surface area contributed by atoms with Crippen LogP contribution >= 0.6 is 15.6 Å². The molecule has 0 aliphatic heterocycles. The largest absolute Gasteiger partial charge is 0.472 e. The zero-order valence-electron chi connectivity index (χ0n) is 69.4. The fourth-order valence-corrected chi connectivity index (χ4v) is 14.8. The van der Waals surface area contributed by atoms with Crippen LogP contribution in [0.25, 0.3) is 0 Å². The number of ether oxygens (including phenoxy) is 4. The van der Waals surface area contributed by atoms with E-state index in [1.54, 1.807) is 0 Å². The maximum Gasteiger partial charge on any atom is 0.472 e. The summed E-state index contributed by atoms with van der Waals surface area (Å²) in [6, 6.07) is 0. The molecule has 0 aliphatic rings. The number of carbonyl (C=O) groups excluding carboxylic acids is 4. The summed E-state index contributed by atoms with van der Waals surface area (Å²) in [5.41, 5.74) is 0. The molecule has 0 fully saturated rings. The lowest BCUT2D eigenvalue weighted by Crippen LogP contribution is -2.30. The number of rotatable bonds is 83. The van der Waals surface area contributed by atoms with E-state index in [1.165, 1.54) is 244 Å². The number of unbranched alkanes of at least 4 members (excludes halogenated alkanes) is 47. The van der Waals surface area contributed by atoms with Crippen LogP contribution in [0.5, 0.6) is 0 Å². The number of esters is 4. The van der Waals surface area contributed by atoms with Gasteiger partial charge in [0.1, 0.15) is 19.3 Å². The smallest absolute Gasteiger partial charge is 0.462 e. The Labute approximate surface area is 645 Å². The summed E-state index contributed by atoms with van der Waals surface area (Å²) >= 11 is 0. The SMILES string of the molecule is CCC(C)CCCCCCCCCCCCCCCCCCCCC(=O)OC[C@H](COP(=O)(O)OC[C@@H](O)COP(=O)(O)OC[C@@H](COC(=O)CCCCCCCCC(C)C)OC(=O)CCCCCCCCCCCCCCCC(C)C)OC(=O)CCCCCCCCCCCCCCCCC(C)CC. The van der Waals surface area contributed by atoms with Crippen LogP contribution in [0, 0.1) is 23.7 Å². The lowest BCUT2D eigenvalue weighted by atomic mass is 9.99. The van der Waals surface area contributed by atoms with Gasteiger partial charge in [0.15, 0.2) is 12.2 Å². The molecule has 17 nitrogen and oxygen atoms in total. The second kappa shape index (κ2) is 74.8. The van der Waals surface area contributed by atoms with E-state index in [-0.39, 0.29) is 25.7 Å². The van der Waals surface area contributed by atoms with E-state index < -0.39 is 97.5 Å². The molecule has 105 heavy (non-hydrogen) atoms. The molecule has 19 heteroatoms. The fourth-order valence-electron chi connectivity index (χ4n) is 13.3. The third-order valence-corrected chi connectivity index (χ3v) is 22.7. The first-order valence-corrected chi connectivity index (χ1v) is 47.3. The monoisotopic (exact) mass is 1540 g/mol. The topological polar surface area (TPSA) is 237 Å². The molecule has 0 aliphatic carbocycles. The predicted octanol–water partition coefficient (Wildman–Crippen LogP) is 25.9. The Hall–Kier alpha value is -1.94. The number of carbonyl (C=O) groups is 4. The molecule has 0 aromatic rings. The van der Waals surface area contributed by atoms with Crippen LogP contribution in [0.1, 0.15) is 447 Å². The van der Waals surface area contributed by atoms with E-state index in [1.807, 2.05) is 0 Å². The van der Waals surface area contributed by atoms with E-state index >= 15 is 0 Å². The van der Waals surface area contributed by atoms with Gasteiger partial charge in [-0.05, 0) is 49.4 Å². The molecular weight excluding hydrogens is 1370 g/mol. The summed E-state index contributed by atoms with van der Waals surface area (Å²) in [7, 11) is -9.93. The molecule has 0 saturated heterocycles. The molecule has 0 amide bonds. The molecule has 0 rings (SSSR count). The molecule has 0 heterocycles. The first kappa shape index (κ1) is 103. The van der Waals surface area contributed by atoms with Gasteiger partial charge in [-0.15, -0.1) is 0 Å². The summed E-state index contributed by atoms with van der Waals surface area (Å²) in [6.45, 7) is 14.3. The van der Waals surface area contributed by atoms with Gasteiger partial charge in [-0.2, -0.15) is 0 Å². The molecule has 0 spiro atoms. The van der Waals surface area contributed by atoms with Crippen molar-refractivity contribution >= 4 is 39.5 Å². The molecule has 0 aromatic heterocycles. The van der Waals surface area contributed by atoms with Crippen LogP contribution < -0.4 is 0 Å². The minimum Gasteiger partial charge on any atom is -0.462 e. The molecule has 4 unspecified atom stereocenters. The molecule has 3 N–H and O–H groups in total. The normalized spacial score (nSPS) is 14.4. The van der Waals surface area contributed by atoms with E-state index in [2.05, 4.69) is 55.4 Å². The maximum absolute atomic E-state index is 13.1. The Morgan fingerprint density at radius 1 is 0.267 bits per heavy atom. The van der Waals surface area contributed by atoms with Crippen LogP contribution in [0.15, 0.2) is 0 Å². The van der Waals surface area contributed by atoms with Gasteiger partial charge in [0, 0.05) is 25.7 Å². The molecule has 0 bridgehead atoms. The molecule has 7 atom stereocenters. The zero-order chi connectivity index (χ0) is 77.4. The van der Waals surface area contributed by atoms with Crippen molar-refractivity contribution in [3.05, 3.63) is 0 Å². The number of hydrogen-bond donors (Lipinski definition) is 3. The number of phosphoric acid groups is 2. The lowest BCUT2D eigenvalue weighted by molar-refractivity contribution is -0.161. The summed E-state index contributed by atoms with van der Waals surface area (Å²) in [6.07, 6.45) is 64.0. The van der Waals surface area contributed by atoms with Crippen molar-refractivity contribution in [2.75, 3.05) is 39.6 Å². The minimum atomic E-state index is -4.97. The maximum atomic E-state index is 13.1. The predicted molar refractivity (Wildman–Crippen MR) is 432 cm³/mol. The first-order chi connectivity index (χ1) is 50.7. The van der Waals surface area contributed by atoms with E-state index in [9.17, 15) is 43.2 Å². The Bertz CT molecular complexity index is 2050. The van der Waals surface area contributed by atoms with Crippen LogP contribution in [0.2, 0.25) is 0 Å². The fraction of sp³-hybridized carbons (Fsp3) is 0.953. The van der Waals surface area contributed by atoms with Gasteiger partial charge in [0.25, 0.3) is 0 Å². The second-order valence-electron chi connectivity index (χ2n) is 32.4. The summed E-state index contributed by atoms with van der Waals surface area (Å²) in [4.78, 5) is 73.2. The highest BCUT2D eigenvalue weighted by Crippen LogP contribution is 2.45. The van der Waals surface area contributed by atoms with Crippen molar-refractivity contribution in [3.63, 3.8) is 0 Å². The van der Waals surface area contributed by atoms with Gasteiger partial charge >= 0.3 is 39.5 Å². The second-order valence-corrected chi connectivity index (χ2v) is 35.3. The molecule has 0 saturated carbocycles. The van der Waals surface area contributed by atoms with Crippen molar-refractivity contribution in [1.82, 2.24) is 0 Å². The average Bonchev–Trinajstić information content (AvgIpc) is 0.984. The quantitative estimate of drug-likeness (QED) is 0.0222. The number of hydrogen-bond acceptors (Lipinski definition) is 15. The van der Waals surface area contributed by atoms with Crippen LogP contribution in [-0.2, 0) is 65.4 Å². The lowest BCUT2D eigenvalue weighted by Gasteiger charge is -2.21. The average molecular weight is 1540 g/mol. The van der Waals surface area contributed by atoms with Crippen molar-refractivity contribution in [2.24, 2.45) is 23.7 Å². The highest BCUT2D eigenvalue weighted by Gasteiger charge is 2.31. The first-order valence-electron chi connectivity index (χ1n) is 44.3. The van der Waals surface area contributed by atoms with E-state index in [0.29, 0.717) is 31.6 Å². The van der Waals surface area contributed by atoms with Gasteiger partial charge in [-0.3, -0.25) is 37.3 Å². The van der Waals surface area contributed by atoms with Gasteiger partial charge in [0.05, 0.1) is 26.4 Å². The third-order valence-electron chi connectivity index (χ3n) is 20.8. The Morgan fingerprint density at radius 3 is 0.676 bits per heavy atom. The van der Waals surface area contributed by atoms with Crippen LogP contribution in [-0.4, -0.2) is 96.7 Å². The van der Waals surface area contributed by atoms with Gasteiger partial charge in [-0.1, -0.05) is 396 Å². The van der Waals surface area contributed by atoms with Crippen molar-refractivity contribution in [3.8, 4) is 0 Å². The van der Waals surface area contributed by atoms with Crippen molar-refractivity contribution in [1.29, 1.82) is 0 Å². The standard InChI is InChI=1S/C86H168O17P2/c1-9-78(7)64-56-48-39-33-27-21-15-13-11-12-14-16-23-29-35-41-50-58-66-83(88)96-72-81(102-85(90)68-60-52-42-36-30-24-18-17-22-28-34-40-49-57-65-79(8)10-2)74-100-104(92,93)98-70-80(87)71-99-105(94,95)101-75-82(73-97-84(89)67-59-51-45-44-47-55-63-77(5)6)103-86(91)69-61-53-43-37-31-25-19-20-26-32-38-46-54-62-76(3)4/h76-82,87H,9-75H2,1-8H3,(H,92,93)(H,94,95)/t78?,79?,80-,81-,82-/m1/s1. The molecule has 0 radical (unpaired) electrons. The Kier molecular flexibility index (Phi) is 73.4. The van der Waals surface area contributed by atoms with Crippen LogP contribution in [0.3, 0.4) is 0 Å². The number of phosphoric ester groups is 2. The summed E-state index contributed by atoms with van der Waals surface area (Å²) < 4.78 is 68.8. The molecular formula is C86H168O17P2. The van der Waals surface area contributed by atoms with Crippen LogP contribution in [0.4, 0.5) is 0 Å². The van der Waals surface area contributed by atoms with E-state index in [0.717, 1.165) is 114 Å². The van der Waals surface area contributed by atoms with Gasteiger partial charge < -0.3 is 33.8 Å². The highest BCUT2D eigenvalue weighted by atomic mass is 31.2. The van der Waals surface area contributed by atoms with E-state index in [4.69, 9.17) is 37.0 Å². The van der Waals surface area contributed by atoms with Gasteiger partial charge in [0.2, 0.25) is 0 Å². The minimum absolute atomic E-state index is 0.106. The molecule has 0 aromatic carbocycles. The van der Waals surface area contributed by atoms with Crippen molar-refractivity contribution in [2.45, 2.75) is 465 Å². The Balaban J connectivity index is 5.21. The number of aliphatic hydroxyl groups is 1. The molecule has 624 valence electrons. The highest BCUT2D eigenvalue weighted by molar-refractivity contribution is 7.47.